The minimum Gasteiger partial charge on any atom is -0.351 e. The van der Waals surface area contributed by atoms with Gasteiger partial charge in [0, 0.05) is 60.8 Å². The number of hydrogen-bond acceptors (Lipinski definition) is 5. The fraction of sp³-hybridized carbons (Fsp3) is 0.318. The minimum absolute atomic E-state index is 0.0546. The van der Waals surface area contributed by atoms with Crippen molar-refractivity contribution in [1.29, 1.82) is 0 Å². The minimum atomic E-state index is -3.65. The number of rotatable bonds is 6. The van der Waals surface area contributed by atoms with E-state index in [2.05, 4.69) is 15.3 Å². The van der Waals surface area contributed by atoms with Crippen LogP contribution in [0.4, 0.5) is 0 Å². The lowest BCUT2D eigenvalue weighted by Gasteiger charge is -2.26. The molecule has 2 aliphatic rings. The highest BCUT2D eigenvalue weighted by Gasteiger charge is 2.70. The van der Waals surface area contributed by atoms with Crippen LogP contribution in [0.5, 0.6) is 0 Å². The fourth-order valence-electron chi connectivity index (χ4n) is 4.88. The zero-order valence-corrected chi connectivity index (χ0v) is 18.9. The van der Waals surface area contributed by atoms with Crippen LogP contribution in [-0.2, 0) is 22.5 Å². The summed E-state index contributed by atoms with van der Waals surface area (Å²) in [4.78, 5) is 21.3. The molecule has 0 spiro atoms. The Hall–Kier alpha value is -2.75. The summed E-state index contributed by atoms with van der Waals surface area (Å²) >= 11 is 6.02. The molecule has 10 heteroatoms. The van der Waals surface area contributed by atoms with E-state index in [0.717, 1.165) is 5.69 Å². The van der Waals surface area contributed by atoms with Crippen LogP contribution >= 0.6 is 11.6 Å². The first kappa shape index (κ1) is 21.1. The molecule has 1 aliphatic heterocycles. The van der Waals surface area contributed by atoms with Crippen molar-refractivity contribution >= 4 is 27.5 Å². The van der Waals surface area contributed by atoms with Crippen molar-refractivity contribution in [3.8, 4) is 0 Å². The third-order valence-electron chi connectivity index (χ3n) is 6.56. The highest BCUT2D eigenvalue weighted by atomic mass is 35.5. The number of aromatic nitrogens is 3. The summed E-state index contributed by atoms with van der Waals surface area (Å²) in [6.07, 6.45) is 4.72. The van der Waals surface area contributed by atoms with Gasteiger partial charge in [-0.1, -0.05) is 23.7 Å². The lowest BCUT2D eigenvalue weighted by atomic mass is 9.94. The average Bonchev–Trinajstić information content (AvgIpc) is 3.13. The molecule has 0 radical (unpaired) electrons. The van der Waals surface area contributed by atoms with Gasteiger partial charge in [-0.2, -0.15) is 4.31 Å². The van der Waals surface area contributed by atoms with Gasteiger partial charge in [-0.3, -0.25) is 9.78 Å². The van der Waals surface area contributed by atoms with E-state index in [-0.39, 0.29) is 22.8 Å². The van der Waals surface area contributed by atoms with Crippen molar-refractivity contribution in [2.24, 2.45) is 18.9 Å². The van der Waals surface area contributed by atoms with Crippen LogP contribution < -0.4 is 5.32 Å². The number of benzene rings is 1. The predicted octanol–water partition coefficient (Wildman–Crippen LogP) is 2.09. The Bertz CT molecular complexity index is 1270. The molecule has 2 fully saturated rings. The van der Waals surface area contributed by atoms with E-state index in [4.69, 9.17) is 11.6 Å². The molecule has 166 valence electrons. The first-order valence-corrected chi connectivity index (χ1v) is 12.1. The Morgan fingerprint density at radius 2 is 1.97 bits per heavy atom. The second-order valence-corrected chi connectivity index (χ2v) is 10.7. The number of nitrogens with one attached hydrogen (secondary N) is 1. The van der Waals surface area contributed by atoms with Crippen molar-refractivity contribution < 1.29 is 13.2 Å². The van der Waals surface area contributed by atoms with Gasteiger partial charge in [0.05, 0.1) is 6.33 Å². The highest BCUT2D eigenvalue weighted by molar-refractivity contribution is 7.89. The second kappa shape index (κ2) is 7.68. The molecule has 0 bridgehead atoms. The van der Waals surface area contributed by atoms with Crippen molar-refractivity contribution in [1.82, 2.24) is 24.2 Å². The van der Waals surface area contributed by atoms with Crippen molar-refractivity contribution in [2.75, 3.05) is 19.6 Å². The zero-order valence-electron chi connectivity index (χ0n) is 17.3. The molecule has 1 saturated carbocycles. The number of aryl methyl sites for hydroxylation is 1. The maximum atomic E-state index is 13.0. The number of piperidine rings is 1. The van der Waals surface area contributed by atoms with Crippen LogP contribution in [0.15, 0.2) is 66.2 Å². The van der Waals surface area contributed by atoms with Gasteiger partial charge in [0.25, 0.3) is 15.9 Å². The van der Waals surface area contributed by atoms with E-state index in [1.54, 1.807) is 42.1 Å². The Morgan fingerprint density at radius 1 is 1.19 bits per heavy atom. The topological polar surface area (TPSA) is 97.2 Å². The van der Waals surface area contributed by atoms with Crippen LogP contribution in [0.3, 0.4) is 0 Å². The van der Waals surface area contributed by atoms with Gasteiger partial charge < -0.3 is 9.88 Å². The number of carbonyl (C=O) groups is 1. The number of pyridine rings is 1. The summed E-state index contributed by atoms with van der Waals surface area (Å²) < 4.78 is 29.1. The smallest absolute Gasteiger partial charge is 0.262 e. The van der Waals surface area contributed by atoms with Gasteiger partial charge in [0.15, 0.2) is 5.03 Å². The van der Waals surface area contributed by atoms with Gasteiger partial charge in [-0.05, 0) is 42.2 Å². The van der Waals surface area contributed by atoms with E-state index < -0.39 is 15.4 Å². The fourth-order valence-corrected chi connectivity index (χ4v) is 6.53. The lowest BCUT2D eigenvalue weighted by molar-refractivity contribution is 0.0946. The Kier molecular flexibility index (Phi) is 5.07. The Balaban J connectivity index is 1.36. The van der Waals surface area contributed by atoms with Crippen LogP contribution in [-0.4, -0.2) is 52.8 Å². The van der Waals surface area contributed by atoms with Gasteiger partial charge in [0.2, 0.25) is 0 Å². The number of fused-ring (bicyclic) bond motifs is 1. The molecule has 32 heavy (non-hydrogen) atoms. The molecule has 1 aliphatic carbocycles. The molecule has 2 unspecified atom stereocenters. The van der Waals surface area contributed by atoms with E-state index >= 15 is 0 Å². The summed E-state index contributed by atoms with van der Waals surface area (Å²) in [6, 6.07) is 12.5. The average molecular weight is 472 g/mol. The SMILES string of the molecule is Cn1cnc(S(=O)(=O)N2CC3C(C2)C3(CNC(=O)c2cccc(Cl)c2)c2ccccn2)c1. The van der Waals surface area contributed by atoms with Crippen LogP contribution in [0.2, 0.25) is 5.02 Å². The summed E-state index contributed by atoms with van der Waals surface area (Å²) in [5.41, 5.74) is 0.959. The molecule has 1 N–H and O–H groups in total. The van der Waals surface area contributed by atoms with E-state index in [0.29, 0.717) is 30.2 Å². The summed E-state index contributed by atoms with van der Waals surface area (Å²) in [6.45, 7) is 1.11. The second-order valence-electron chi connectivity index (χ2n) is 8.36. The maximum absolute atomic E-state index is 13.0. The normalized spacial score (nSPS) is 24.8. The van der Waals surface area contributed by atoms with Gasteiger partial charge in [-0.15, -0.1) is 0 Å². The van der Waals surface area contributed by atoms with Crippen LogP contribution in [0.25, 0.3) is 0 Å². The molecule has 2 aromatic heterocycles. The number of hydrogen-bond donors (Lipinski definition) is 1. The standard InChI is InChI=1S/C22H22ClN5O3S/c1-27-12-20(26-14-27)32(30,31)28-10-17-18(11-28)22(17,19-7-2-3-8-24-19)13-25-21(29)15-5-4-6-16(23)9-15/h2-9,12,14,17-18H,10-11,13H2,1H3,(H,25,29). The highest BCUT2D eigenvalue weighted by Crippen LogP contribution is 2.63. The number of nitrogens with zero attached hydrogens (tertiary/aromatic N) is 4. The lowest BCUT2D eigenvalue weighted by Crippen LogP contribution is -2.41. The van der Waals surface area contributed by atoms with E-state index in [1.807, 2.05) is 18.2 Å². The molecule has 1 aromatic carbocycles. The third-order valence-corrected chi connectivity index (χ3v) is 8.51. The van der Waals surface area contributed by atoms with Gasteiger partial charge in [0.1, 0.15) is 0 Å². The summed E-state index contributed by atoms with van der Waals surface area (Å²) in [5, 5.41) is 3.57. The molecule has 1 amide bonds. The van der Waals surface area contributed by atoms with Gasteiger partial charge >= 0.3 is 0 Å². The van der Waals surface area contributed by atoms with E-state index in [9.17, 15) is 13.2 Å². The number of carbonyl (C=O) groups excluding carboxylic acids is 1. The number of amides is 1. The first-order chi connectivity index (χ1) is 15.3. The maximum Gasteiger partial charge on any atom is 0.262 e. The molecule has 1 saturated heterocycles. The first-order valence-electron chi connectivity index (χ1n) is 10.3. The number of sulfonamides is 1. The molecule has 3 heterocycles. The Morgan fingerprint density at radius 3 is 2.59 bits per heavy atom. The number of halogens is 1. The van der Waals surface area contributed by atoms with Gasteiger partial charge in [-0.25, -0.2) is 13.4 Å². The molecular formula is C22H22ClN5O3S. The molecule has 8 nitrogen and oxygen atoms in total. The Labute approximate surface area is 191 Å². The molecule has 5 rings (SSSR count). The largest absolute Gasteiger partial charge is 0.351 e. The van der Waals surface area contributed by atoms with Crippen LogP contribution in [0, 0.1) is 11.8 Å². The zero-order chi connectivity index (χ0) is 22.5. The third kappa shape index (κ3) is 3.41. The number of imidazole rings is 1. The summed E-state index contributed by atoms with van der Waals surface area (Å²) in [5.74, 6) is -0.0863. The van der Waals surface area contributed by atoms with Crippen molar-refractivity contribution in [3.05, 3.63) is 77.5 Å². The molecule has 3 aromatic rings. The quantitative estimate of drug-likeness (QED) is 0.593. The van der Waals surface area contributed by atoms with Crippen molar-refractivity contribution in [3.63, 3.8) is 0 Å². The monoisotopic (exact) mass is 471 g/mol. The molecular weight excluding hydrogens is 450 g/mol. The summed E-state index contributed by atoms with van der Waals surface area (Å²) in [7, 11) is -1.91. The van der Waals surface area contributed by atoms with E-state index in [1.165, 1.54) is 16.8 Å². The van der Waals surface area contributed by atoms with Crippen molar-refractivity contribution in [2.45, 2.75) is 10.4 Å². The predicted molar refractivity (Wildman–Crippen MR) is 119 cm³/mol. The van der Waals surface area contributed by atoms with Crippen LogP contribution in [0.1, 0.15) is 16.1 Å². The molecule has 2 atom stereocenters.